The number of carbonyl (C=O) groups is 1. The Balaban J connectivity index is 1.78. The highest BCUT2D eigenvalue weighted by Gasteiger charge is 2.26. The molecule has 0 spiro atoms. The molecule has 0 unspecified atom stereocenters. The Bertz CT molecular complexity index is 659. The van der Waals surface area contributed by atoms with E-state index in [1.54, 1.807) is 0 Å². The third-order valence-electron chi connectivity index (χ3n) is 2.98. The summed E-state index contributed by atoms with van der Waals surface area (Å²) < 4.78 is 38.9. The van der Waals surface area contributed by atoms with Gasteiger partial charge in [-0.2, -0.15) is 0 Å². The van der Waals surface area contributed by atoms with Gasteiger partial charge >= 0.3 is 0 Å². The fourth-order valence-electron chi connectivity index (χ4n) is 1.77. The van der Waals surface area contributed by atoms with E-state index in [1.807, 2.05) is 5.38 Å². The standard InChI is InChI=1S/C13H9F3N2OS/c14-8-3-7(4-9(15)11(8)16)12(19)18-13-17-10(5-20-13)6-1-2-6/h3-6H,1-2H2,(H,17,18,19). The molecule has 0 atom stereocenters. The van der Waals surface area contributed by atoms with Crippen LogP contribution in [-0.2, 0) is 0 Å². The SMILES string of the molecule is O=C(Nc1nc(C2CC2)cs1)c1cc(F)c(F)c(F)c1. The Morgan fingerprint density at radius 2 is 1.90 bits per heavy atom. The van der Waals surface area contributed by atoms with Crippen LogP contribution in [0, 0.1) is 17.5 Å². The first-order valence-corrected chi connectivity index (χ1v) is 6.84. The molecule has 1 saturated carbocycles. The summed E-state index contributed by atoms with van der Waals surface area (Å²) in [5, 5.41) is 4.66. The van der Waals surface area contributed by atoms with Crippen molar-refractivity contribution in [3.63, 3.8) is 0 Å². The molecule has 1 heterocycles. The number of nitrogens with zero attached hydrogens (tertiary/aromatic N) is 1. The molecule has 0 aliphatic heterocycles. The summed E-state index contributed by atoms with van der Waals surface area (Å²) in [7, 11) is 0. The van der Waals surface area contributed by atoms with Gasteiger partial charge in [-0.25, -0.2) is 18.2 Å². The van der Waals surface area contributed by atoms with Crippen LogP contribution in [0.4, 0.5) is 18.3 Å². The molecule has 7 heteroatoms. The number of halogens is 3. The molecule has 1 fully saturated rings. The van der Waals surface area contributed by atoms with Crippen molar-refractivity contribution in [3.8, 4) is 0 Å². The molecule has 2 aromatic rings. The number of hydrogen-bond acceptors (Lipinski definition) is 3. The van der Waals surface area contributed by atoms with Crippen LogP contribution < -0.4 is 5.32 Å². The molecule has 104 valence electrons. The Labute approximate surface area is 116 Å². The second-order valence-electron chi connectivity index (χ2n) is 4.56. The zero-order chi connectivity index (χ0) is 14.3. The van der Waals surface area contributed by atoms with E-state index in [1.165, 1.54) is 11.3 Å². The summed E-state index contributed by atoms with van der Waals surface area (Å²) in [5.74, 6) is -4.65. The smallest absolute Gasteiger partial charge is 0.257 e. The van der Waals surface area contributed by atoms with Gasteiger partial charge in [-0.1, -0.05) is 0 Å². The van der Waals surface area contributed by atoms with Crippen molar-refractivity contribution in [2.24, 2.45) is 0 Å². The minimum atomic E-state index is -1.59. The maximum absolute atomic E-state index is 13.0. The molecule has 1 amide bonds. The Kier molecular flexibility index (Phi) is 3.21. The van der Waals surface area contributed by atoms with Crippen molar-refractivity contribution in [1.29, 1.82) is 0 Å². The van der Waals surface area contributed by atoms with Crippen LogP contribution in [-0.4, -0.2) is 10.9 Å². The number of hydrogen-bond donors (Lipinski definition) is 1. The van der Waals surface area contributed by atoms with Gasteiger partial charge in [0.2, 0.25) is 0 Å². The Morgan fingerprint density at radius 3 is 2.50 bits per heavy atom. The first-order valence-electron chi connectivity index (χ1n) is 5.96. The van der Waals surface area contributed by atoms with Crippen LogP contribution in [0.1, 0.15) is 34.8 Å². The highest BCUT2D eigenvalue weighted by Crippen LogP contribution is 2.40. The van der Waals surface area contributed by atoms with Gasteiger partial charge in [-0.3, -0.25) is 10.1 Å². The molecule has 1 N–H and O–H groups in total. The quantitative estimate of drug-likeness (QED) is 0.878. The fourth-order valence-corrected chi connectivity index (χ4v) is 2.55. The van der Waals surface area contributed by atoms with Gasteiger partial charge in [0, 0.05) is 16.9 Å². The number of thiazole rings is 1. The lowest BCUT2D eigenvalue weighted by Crippen LogP contribution is -2.13. The highest BCUT2D eigenvalue weighted by atomic mass is 32.1. The Hall–Kier alpha value is -1.89. The lowest BCUT2D eigenvalue weighted by atomic mass is 10.2. The molecular formula is C13H9F3N2OS. The number of nitrogens with one attached hydrogen (secondary N) is 1. The molecule has 3 nitrogen and oxygen atoms in total. The number of aromatic nitrogens is 1. The minimum absolute atomic E-state index is 0.287. The third kappa shape index (κ3) is 2.53. The van der Waals surface area contributed by atoms with E-state index in [0.29, 0.717) is 23.2 Å². The van der Waals surface area contributed by atoms with Crippen molar-refractivity contribution in [1.82, 2.24) is 4.98 Å². The monoisotopic (exact) mass is 298 g/mol. The average molecular weight is 298 g/mol. The summed E-state index contributed by atoms with van der Waals surface area (Å²) in [6, 6.07) is 1.31. The topological polar surface area (TPSA) is 42.0 Å². The maximum atomic E-state index is 13.0. The summed E-state index contributed by atoms with van der Waals surface area (Å²) in [5.41, 5.74) is 0.631. The number of anilines is 1. The molecule has 3 rings (SSSR count). The number of amides is 1. The van der Waals surface area contributed by atoms with Crippen LogP contribution in [0.2, 0.25) is 0 Å². The molecule has 0 radical (unpaired) electrons. The summed E-state index contributed by atoms with van der Waals surface area (Å²) in [4.78, 5) is 16.0. The third-order valence-corrected chi connectivity index (χ3v) is 3.76. The summed E-state index contributed by atoms with van der Waals surface area (Å²) in [6.45, 7) is 0. The lowest BCUT2D eigenvalue weighted by molar-refractivity contribution is 0.102. The van der Waals surface area contributed by atoms with E-state index >= 15 is 0 Å². The second kappa shape index (κ2) is 4.90. The van der Waals surface area contributed by atoms with E-state index in [2.05, 4.69) is 10.3 Å². The maximum Gasteiger partial charge on any atom is 0.257 e. The fraction of sp³-hybridized carbons (Fsp3) is 0.231. The molecule has 1 aromatic heterocycles. The minimum Gasteiger partial charge on any atom is -0.298 e. The van der Waals surface area contributed by atoms with E-state index in [-0.39, 0.29) is 5.56 Å². The van der Waals surface area contributed by atoms with Gasteiger partial charge in [-0.15, -0.1) is 11.3 Å². The summed E-state index contributed by atoms with van der Waals surface area (Å²) in [6.07, 6.45) is 2.18. The average Bonchev–Trinajstić information content (AvgIpc) is 3.16. The normalized spacial score (nSPS) is 14.3. The van der Waals surface area contributed by atoms with Crippen LogP contribution >= 0.6 is 11.3 Å². The van der Waals surface area contributed by atoms with Crippen molar-refractivity contribution in [2.45, 2.75) is 18.8 Å². The number of benzene rings is 1. The zero-order valence-electron chi connectivity index (χ0n) is 10.1. The molecule has 0 bridgehead atoms. The van der Waals surface area contributed by atoms with Gasteiger partial charge in [-0.05, 0) is 25.0 Å². The van der Waals surface area contributed by atoms with E-state index < -0.39 is 23.4 Å². The molecule has 1 aliphatic rings. The molecular weight excluding hydrogens is 289 g/mol. The molecule has 0 saturated heterocycles. The van der Waals surface area contributed by atoms with Crippen molar-refractivity contribution in [2.75, 3.05) is 5.32 Å². The first kappa shape index (κ1) is 13.1. The zero-order valence-corrected chi connectivity index (χ0v) is 10.9. The predicted octanol–water partition coefficient (Wildman–Crippen LogP) is 3.69. The van der Waals surface area contributed by atoms with E-state index in [4.69, 9.17) is 0 Å². The lowest BCUT2D eigenvalue weighted by Gasteiger charge is -2.03. The van der Waals surface area contributed by atoms with Crippen molar-refractivity contribution in [3.05, 3.63) is 46.2 Å². The molecule has 20 heavy (non-hydrogen) atoms. The molecule has 1 aliphatic carbocycles. The second-order valence-corrected chi connectivity index (χ2v) is 5.42. The van der Waals surface area contributed by atoms with Crippen molar-refractivity contribution >= 4 is 22.4 Å². The van der Waals surface area contributed by atoms with Crippen molar-refractivity contribution < 1.29 is 18.0 Å². The highest BCUT2D eigenvalue weighted by molar-refractivity contribution is 7.14. The van der Waals surface area contributed by atoms with Crippen LogP contribution in [0.3, 0.4) is 0 Å². The van der Waals surface area contributed by atoms with Gasteiger partial charge in [0.05, 0.1) is 5.69 Å². The van der Waals surface area contributed by atoms with Crippen LogP contribution in [0.5, 0.6) is 0 Å². The number of rotatable bonds is 3. The van der Waals surface area contributed by atoms with Gasteiger partial charge in [0.15, 0.2) is 22.6 Å². The Morgan fingerprint density at radius 1 is 1.25 bits per heavy atom. The van der Waals surface area contributed by atoms with Crippen LogP contribution in [0.15, 0.2) is 17.5 Å². The first-order chi connectivity index (χ1) is 9.54. The van der Waals surface area contributed by atoms with E-state index in [0.717, 1.165) is 18.5 Å². The van der Waals surface area contributed by atoms with Crippen LogP contribution in [0.25, 0.3) is 0 Å². The van der Waals surface area contributed by atoms with Gasteiger partial charge in [0.1, 0.15) is 0 Å². The largest absolute Gasteiger partial charge is 0.298 e. The summed E-state index contributed by atoms with van der Waals surface area (Å²) >= 11 is 1.25. The predicted molar refractivity (Wildman–Crippen MR) is 68.4 cm³/mol. The molecule has 1 aromatic carbocycles. The van der Waals surface area contributed by atoms with Gasteiger partial charge in [0.25, 0.3) is 5.91 Å². The van der Waals surface area contributed by atoms with E-state index in [9.17, 15) is 18.0 Å². The number of carbonyl (C=O) groups excluding carboxylic acids is 1. The van der Waals surface area contributed by atoms with Gasteiger partial charge < -0.3 is 0 Å².